The number of carbonyl (C=O) groups excluding carboxylic acids is 3. The van der Waals surface area contributed by atoms with E-state index >= 15 is 0 Å². The van der Waals surface area contributed by atoms with Crippen LogP contribution in [0.1, 0.15) is 93.4 Å². The largest absolute Gasteiger partial charge is 0.465 e. The number of fused-ring (bicyclic) bond motifs is 1. The van der Waals surface area contributed by atoms with Gasteiger partial charge in [-0.25, -0.2) is 4.79 Å². The number of rotatable bonds is 9. The lowest BCUT2D eigenvalue weighted by Crippen LogP contribution is -2.64. The van der Waals surface area contributed by atoms with Crippen molar-refractivity contribution in [3.8, 4) is 0 Å². The molecule has 3 fully saturated rings. The Morgan fingerprint density at radius 3 is 2.16 bits per heavy atom. The molecule has 10 heteroatoms. The van der Waals surface area contributed by atoms with E-state index in [-0.39, 0.29) is 29.7 Å². The fourth-order valence-electron chi connectivity index (χ4n) is 6.26. The second-order valence-corrected chi connectivity index (χ2v) is 13.5. The zero-order valence-electron chi connectivity index (χ0n) is 24.1. The van der Waals surface area contributed by atoms with Crippen molar-refractivity contribution in [2.45, 2.75) is 129 Å². The van der Waals surface area contributed by atoms with Gasteiger partial charge < -0.3 is 25.7 Å². The normalized spacial score (nSPS) is 25.8. The monoisotopic (exact) mass is 536 g/mol. The van der Waals surface area contributed by atoms with Crippen LogP contribution in [0.4, 0.5) is 4.79 Å². The van der Waals surface area contributed by atoms with Gasteiger partial charge in [-0.05, 0) is 70.1 Å². The first-order valence-electron chi connectivity index (χ1n) is 14.2. The van der Waals surface area contributed by atoms with Gasteiger partial charge in [0, 0.05) is 18.1 Å². The lowest BCUT2D eigenvalue weighted by Gasteiger charge is -2.46. The highest BCUT2D eigenvalue weighted by Gasteiger charge is 2.54. The molecule has 2 aliphatic carbocycles. The SMILES string of the molecule is CCC[C@H](NC(=O)[C@@H]1[C@H]2CCC[C@H]2CN1C(=O)[C@@H](N(C(=O)O)C(C)(C)C)C(C)(C)C)C(O)C(=O)NC1CC1. The van der Waals surface area contributed by atoms with Gasteiger partial charge in [0.1, 0.15) is 12.1 Å². The third kappa shape index (κ3) is 6.61. The Balaban J connectivity index is 1.90. The van der Waals surface area contributed by atoms with Crippen molar-refractivity contribution >= 4 is 23.8 Å². The molecule has 3 rings (SSSR count). The standard InChI is InChI=1S/C28H48N4O6/c1-8-10-19(21(33)24(35)29-17-13-14-17)30-23(34)20-18-12-9-11-16(18)15-31(20)25(36)22(27(2,3)4)32(26(37)38)28(5,6)7/h16-22,33H,8-15H2,1-7H3,(H,29,35)(H,30,34)(H,37,38)/t16-,18-,19-,20-,21?,22+/m0/s1. The van der Waals surface area contributed by atoms with Crippen LogP contribution in [0.3, 0.4) is 0 Å². The maximum atomic E-state index is 14.2. The highest BCUT2D eigenvalue weighted by molar-refractivity contribution is 5.93. The lowest BCUT2D eigenvalue weighted by molar-refractivity contribution is -0.149. The number of carbonyl (C=O) groups is 4. The number of aliphatic hydroxyl groups is 1. The molecule has 0 bridgehead atoms. The average Bonchev–Trinajstić information content (AvgIpc) is 3.35. The Bertz CT molecular complexity index is 906. The van der Waals surface area contributed by atoms with E-state index in [0.717, 1.165) is 32.1 Å². The van der Waals surface area contributed by atoms with Crippen LogP contribution in [0.15, 0.2) is 0 Å². The summed E-state index contributed by atoms with van der Waals surface area (Å²) < 4.78 is 0. The molecule has 2 saturated carbocycles. The van der Waals surface area contributed by atoms with Crippen LogP contribution < -0.4 is 10.6 Å². The van der Waals surface area contributed by atoms with Crippen molar-refractivity contribution < 1.29 is 29.4 Å². The molecule has 0 aromatic heterocycles. The zero-order valence-corrected chi connectivity index (χ0v) is 24.1. The molecule has 4 N–H and O–H groups in total. The summed E-state index contributed by atoms with van der Waals surface area (Å²) in [5.74, 6) is -1.11. The minimum Gasteiger partial charge on any atom is -0.465 e. The predicted octanol–water partition coefficient (Wildman–Crippen LogP) is 2.73. The van der Waals surface area contributed by atoms with Crippen LogP contribution in [0.5, 0.6) is 0 Å². The lowest BCUT2D eigenvalue weighted by atomic mass is 9.82. The first-order valence-corrected chi connectivity index (χ1v) is 14.2. The molecule has 3 aliphatic rings. The highest BCUT2D eigenvalue weighted by atomic mass is 16.4. The first kappa shape index (κ1) is 30.2. The van der Waals surface area contributed by atoms with E-state index in [1.165, 1.54) is 4.90 Å². The van der Waals surface area contributed by atoms with Gasteiger partial charge in [-0.2, -0.15) is 0 Å². The number of amides is 4. The van der Waals surface area contributed by atoms with E-state index in [9.17, 15) is 29.4 Å². The fourth-order valence-corrected chi connectivity index (χ4v) is 6.26. The third-order valence-corrected chi connectivity index (χ3v) is 8.18. The van der Waals surface area contributed by atoms with Gasteiger partial charge in [0.2, 0.25) is 11.8 Å². The van der Waals surface area contributed by atoms with E-state index in [2.05, 4.69) is 10.6 Å². The highest BCUT2D eigenvalue weighted by Crippen LogP contribution is 2.44. The zero-order chi connectivity index (χ0) is 28.6. The molecule has 4 amide bonds. The molecular weight excluding hydrogens is 488 g/mol. The molecule has 0 aromatic rings. The van der Waals surface area contributed by atoms with Gasteiger partial charge in [0.15, 0.2) is 6.10 Å². The summed E-state index contributed by atoms with van der Waals surface area (Å²) in [7, 11) is 0. The minimum atomic E-state index is -1.38. The molecule has 1 heterocycles. The van der Waals surface area contributed by atoms with Crippen LogP contribution in [-0.2, 0) is 14.4 Å². The van der Waals surface area contributed by atoms with Gasteiger partial charge >= 0.3 is 6.09 Å². The van der Waals surface area contributed by atoms with Gasteiger partial charge in [-0.3, -0.25) is 19.3 Å². The minimum absolute atomic E-state index is 0.0350. The molecule has 1 unspecified atom stereocenters. The molecule has 6 atom stereocenters. The summed E-state index contributed by atoms with van der Waals surface area (Å²) in [4.78, 5) is 55.9. The van der Waals surface area contributed by atoms with E-state index in [0.29, 0.717) is 19.4 Å². The number of hydrogen-bond donors (Lipinski definition) is 4. The summed E-state index contributed by atoms with van der Waals surface area (Å²) in [5, 5.41) is 26.6. The Hall–Kier alpha value is -2.36. The number of nitrogens with zero attached hydrogens (tertiary/aromatic N) is 2. The van der Waals surface area contributed by atoms with Crippen molar-refractivity contribution in [2.24, 2.45) is 17.3 Å². The van der Waals surface area contributed by atoms with Crippen molar-refractivity contribution in [3.63, 3.8) is 0 Å². The Morgan fingerprint density at radius 1 is 1.03 bits per heavy atom. The smallest absolute Gasteiger partial charge is 0.408 e. The van der Waals surface area contributed by atoms with Crippen molar-refractivity contribution in [1.82, 2.24) is 20.4 Å². The third-order valence-electron chi connectivity index (χ3n) is 8.18. The molecule has 0 spiro atoms. The topological polar surface area (TPSA) is 139 Å². The van der Waals surface area contributed by atoms with E-state index < -0.39 is 47.2 Å². The van der Waals surface area contributed by atoms with Crippen LogP contribution in [0.2, 0.25) is 0 Å². The average molecular weight is 537 g/mol. The maximum absolute atomic E-state index is 14.2. The summed E-state index contributed by atoms with van der Waals surface area (Å²) in [6.07, 6.45) is 2.98. The molecule has 216 valence electrons. The molecular formula is C28H48N4O6. The summed E-state index contributed by atoms with van der Waals surface area (Å²) in [6.45, 7) is 13.1. The van der Waals surface area contributed by atoms with E-state index in [1.54, 1.807) is 25.7 Å². The molecule has 1 saturated heterocycles. The van der Waals surface area contributed by atoms with Crippen LogP contribution in [-0.4, -0.2) is 86.2 Å². The number of hydrogen-bond acceptors (Lipinski definition) is 5. The van der Waals surface area contributed by atoms with Gasteiger partial charge in [-0.15, -0.1) is 0 Å². The summed E-state index contributed by atoms with van der Waals surface area (Å²) >= 11 is 0. The molecule has 38 heavy (non-hydrogen) atoms. The number of carboxylic acid groups (broad SMARTS) is 1. The molecule has 10 nitrogen and oxygen atoms in total. The van der Waals surface area contributed by atoms with E-state index in [4.69, 9.17) is 0 Å². The number of nitrogens with one attached hydrogen (secondary N) is 2. The molecule has 0 radical (unpaired) electrons. The van der Waals surface area contributed by atoms with Gasteiger partial charge in [-0.1, -0.05) is 40.5 Å². The van der Waals surface area contributed by atoms with Crippen LogP contribution in [0.25, 0.3) is 0 Å². The quantitative estimate of drug-likeness (QED) is 0.357. The van der Waals surface area contributed by atoms with Crippen molar-refractivity contribution in [1.29, 1.82) is 0 Å². The van der Waals surface area contributed by atoms with E-state index in [1.807, 2.05) is 27.7 Å². The number of likely N-dealkylation sites (tertiary alicyclic amines) is 1. The fraction of sp³-hybridized carbons (Fsp3) is 0.857. The van der Waals surface area contributed by atoms with Gasteiger partial charge in [0.25, 0.3) is 5.91 Å². The van der Waals surface area contributed by atoms with Gasteiger partial charge in [0.05, 0.1) is 6.04 Å². The van der Waals surface area contributed by atoms with Crippen molar-refractivity contribution in [2.75, 3.05) is 6.54 Å². The Morgan fingerprint density at radius 2 is 1.66 bits per heavy atom. The Kier molecular flexibility index (Phi) is 9.06. The van der Waals surface area contributed by atoms with Crippen LogP contribution >= 0.6 is 0 Å². The predicted molar refractivity (Wildman–Crippen MR) is 143 cm³/mol. The summed E-state index contributed by atoms with van der Waals surface area (Å²) in [6, 6.07) is -2.44. The summed E-state index contributed by atoms with van der Waals surface area (Å²) in [5.41, 5.74) is -1.55. The second-order valence-electron chi connectivity index (χ2n) is 13.5. The molecule has 1 aliphatic heterocycles. The van der Waals surface area contributed by atoms with Crippen molar-refractivity contribution in [3.05, 3.63) is 0 Å². The Labute approximate surface area is 226 Å². The van der Waals surface area contributed by atoms with Crippen LogP contribution in [0, 0.1) is 17.3 Å². The first-order chi connectivity index (χ1) is 17.6. The second kappa shape index (κ2) is 11.4. The maximum Gasteiger partial charge on any atom is 0.408 e. The number of aliphatic hydroxyl groups excluding tert-OH is 1. The molecule has 0 aromatic carbocycles.